The zero-order valence-electron chi connectivity index (χ0n) is 12.8. The van der Waals surface area contributed by atoms with E-state index in [0.29, 0.717) is 0 Å². The summed E-state index contributed by atoms with van der Waals surface area (Å²) < 4.78 is 5.77. The van der Waals surface area contributed by atoms with E-state index in [1.165, 1.54) is 5.56 Å². The van der Waals surface area contributed by atoms with Gasteiger partial charge in [0, 0.05) is 0 Å². The Balaban J connectivity index is 1.91. The van der Waals surface area contributed by atoms with Crippen molar-refractivity contribution in [3.63, 3.8) is 0 Å². The molecule has 4 nitrogen and oxygen atoms in total. The summed E-state index contributed by atoms with van der Waals surface area (Å²) in [7, 11) is 0. The van der Waals surface area contributed by atoms with Crippen molar-refractivity contribution in [3.8, 4) is 17.3 Å². The Morgan fingerprint density at radius 3 is 2.57 bits per heavy atom. The molecule has 0 atom stereocenters. The van der Waals surface area contributed by atoms with Crippen molar-refractivity contribution < 1.29 is 4.74 Å². The number of nitrogens with one attached hydrogen (secondary N) is 1. The third-order valence-corrected chi connectivity index (χ3v) is 3.04. The van der Waals surface area contributed by atoms with Crippen molar-refractivity contribution in [2.24, 2.45) is 0 Å². The first kappa shape index (κ1) is 13.6. The molecule has 0 aliphatic carbocycles. The molecule has 21 heavy (non-hydrogen) atoms. The van der Waals surface area contributed by atoms with Crippen LogP contribution >= 0.6 is 0 Å². The molecule has 3 aromatic rings. The quantitative estimate of drug-likeness (QED) is 0.769. The second-order valence-corrected chi connectivity index (χ2v) is 6.20. The highest BCUT2D eigenvalue weighted by atomic mass is 16.5. The van der Waals surface area contributed by atoms with Gasteiger partial charge in [0.25, 0.3) is 0 Å². The van der Waals surface area contributed by atoms with Crippen molar-refractivity contribution in [3.05, 3.63) is 42.1 Å². The van der Waals surface area contributed by atoms with E-state index >= 15 is 0 Å². The molecule has 0 saturated carbocycles. The lowest BCUT2D eigenvalue weighted by molar-refractivity contribution is 0.130. The molecule has 108 valence electrons. The minimum absolute atomic E-state index is 0.222. The molecule has 0 spiro atoms. The average molecular weight is 281 g/mol. The summed E-state index contributed by atoms with van der Waals surface area (Å²) in [6.07, 6.45) is 1.74. The summed E-state index contributed by atoms with van der Waals surface area (Å²) in [5.74, 6) is 1.54. The molecule has 2 heterocycles. The van der Waals surface area contributed by atoms with Crippen LogP contribution in [0.2, 0.25) is 0 Å². The maximum atomic E-state index is 5.77. The van der Waals surface area contributed by atoms with Crippen LogP contribution in [0.3, 0.4) is 0 Å². The van der Waals surface area contributed by atoms with Crippen molar-refractivity contribution in [2.45, 2.75) is 33.3 Å². The zero-order chi connectivity index (χ0) is 15.0. The molecule has 0 unspecified atom stereocenters. The first-order chi connectivity index (χ1) is 9.90. The van der Waals surface area contributed by atoms with Gasteiger partial charge in [-0.2, -0.15) is 0 Å². The first-order valence-electron chi connectivity index (χ1n) is 7.02. The van der Waals surface area contributed by atoms with Gasteiger partial charge in [-0.15, -0.1) is 0 Å². The minimum atomic E-state index is -0.222. The molecule has 0 radical (unpaired) electrons. The van der Waals surface area contributed by atoms with Crippen LogP contribution in [0, 0.1) is 6.92 Å². The molecule has 0 amide bonds. The fourth-order valence-electron chi connectivity index (χ4n) is 2.17. The Labute approximate surface area is 124 Å². The van der Waals surface area contributed by atoms with Crippen molar-refractivity contribution in [2.75, 3.05) is 0 Å². The number of rotatable bonds is 2. The van der Waals surface area contributed by atoms with Gasteiger partial charge in [-0.1, -0.05) is 6.07 Å². The summed E-state index contributed by atoms with van der Waals surface area (Å²) in [6, 6.07) is 10.0. The Kier molecular flexibility index (Phi) is 3.16. The molecule has 0 saturated heterocycles. The molecular weight excluding hydrogens is 262 g/mol. The topological polar surface area (TPSA) is 50.8 Å². The number of fused-ring (bicyclic) bond motifs is 1. The summed E-state index contributed by atoms with van der Waals surface area (Å²) in [4.78, 5) is 12.3. The molecule has 0 aliphatic rings. The highest BCUT2D eigenvalue weighted by molar-refractivity contribution is 5.79. The fraction of sp³-hybridized carbons (Fsp3) is 0.294. The predicted octanol–water partition coefficient (Wildman–Crippen LogP) is 4.11. The van der Waals surface area contributed by atoms with Gasteiger partial charge in [0.1, 0.15) is 17.0 Å². The number of pyridine rings is 1. The highest BCUT2D eigenvalue weighted by Crippen LogP contribution is 2.22. The molecule has 1 aromatic carbocycles. The fourth-order valence-corrected chi connectivity index (χ4v) is 2.17. The lowest BCUT2D eigenvalue weighted by atomic mass is 10.2. The molecule has 1 N–H and O–H groups in total. The molecular formula is C17H19N3O. The monoisotopic (exact) mass is 281 g/mol. The number of benzene rings is 1. The number of imidazole rings is 1. The van der Waals surface area contributed by atoms with Gasteiger partial charge in [-0.05, 0) is 57.5 Å². The molecule has 3 rings (SSSR count). The number of aryl methyl sites for hydroxylation is 1. The number of aromatic nitrogens is 3. The van der Waals surface area contributed by atoms with Gasteiger partial charge in [0.2, 0.25) is 0 Å². The third-order valence-electron chi connectivity index (χ3n) is 3.04. The number of nitrogens with zero attached hydrogens (tertiary/aromatic N) is 2. The van der Waals surface area contributed by atoms with Crippen LogP contribution in [-0.4, -0.2) is 20.6 Å². The van der Waals surface area contributed by atoms with Crippen molar-refractivity contribution in [1.82, 2.24) is 15.0 Å². The van der Waals surface area contributed by atoms with E-state index in [1.807, 2.05) is 39.0 Å². The van der Waals surface area contributed by atoms with Crippen LogP contribution in [0.15, 0.2) is 36.5 Å². The summed E-state index contributed by atoms with van der Waals surface area (Å²) in [6.45, 7) is 8.11. The Bertz CT molecular complexity index is 767. The molecule has 0 aliphatic heterocycles. The van der Waals surface area contributed by atoms with Gasteiger partial charge in [0.15, 0.2) is 5.82 Å². The van der Waals surface area contributed by atoms with E-state index in [0.717, 1.165) is 28.3 Å². The summed E-state index contributed by atoms with van der Waals surface area (Å²) >= 11 is 0. The maximum absolute atomic E-state index is 5.77. The third kappa shape index (κ3) is 3.05. The predicted molar refractivity (Wildman–Crippen MR) is 84.4 cm³/mol. The first-order valence-corrected chi connectivity index (χ1v) is 7.02. The largest absolute Gasteiger partial charge is 0.487 e. The normalized spacial score (nSPS) is 11.8. The number of ether oxygens (including phenoxy) is 1. The van der Waals surface area contributed by atoms with E-state index in [4.69, 9.17) is 4.74 Å². The lowest BCUT2D eigenvalue weighted by Crippen LogP contribution is -2.22. The van der Waals surface area contributed by atoms with Gasteiger partial charge < -0.3 is 9.72 Å². The van der Waals surface area contributed by atoms with E-state index < -0.39 is 0 Å². The van der Waals surface area contributed by atoms with Gasteiger partial charge in [-0.25, -0.2) is 9.97 Å². The zero-order valence-corrected chi connectivity index (χ0v) is 12.8. The number of hydrogen-bond donors (Lipinski definition) is 1. The van der Waals surface area contributed by atoms with Crippen LogP contribution < -0.4 is 4.74 Å². The molecule has 0 bridgehead atoms. The second-order valence-electron chi connectivity index (χ2n) is 6.20. The van der Waals surface area contributed by atoms with E-state index in [1.54, 1.807) is 6.20 Å². The number of aromatic amines is 1. The van der Waals surface area contributed by atoms with Crippen LogP contribution in [0.4, 0.5) is 0 Å². The van der Waals surface area contributed by atoms with E-state index in [-0.39, 0.29) is 5.60 Å². The van der Waals surface area contributed by atoms with Gasteiger partial charge >= 0.3 is 0 Å². The molecule has 4 heteroatoms. The lowest BCUT2D eigenvalue weighted by Gasteiger charge is -2.20. The van der Waals surface area contributed by atoms with Gasteiger partial charge in [-0.3, -0.25) is 0 Å². The van der Waals surface area contributed by atoms with E-state index in [2.05, 4.69) is 34.0 Å². The minimum Gasteiger partial charge on any atom is -0.487 e. The van der Waals surface area contributed by atoms with Crippen molar-refractivity contribution >= 4 is 11.0 Å². The van der Waals surface area contributed by atoms with Gasteiger partial charge in [0.05, 0.1) is 17.2 Å². The van der Waals surface area contributed by atoms with Crippen molar-refractivity contribution in [1.29, 1.82) is 0 Å². The smallest absolute Gasteiger partial charge is 0.157 e. The van der Waals surface area contributed by atoms with Crippen LogP contribution in [0.5, 0.6) is 5.75 Å². The highest BCUT2D eigenvalue weighted by Gasteiger charge is 2.12. The molecule has 0 fully saturated rings. The maximum Gasteiger partial charge on any atom is 0.157 e. The average Bonchev–Trinajstić information content (AvgIpc) is 2.80. The number of hydrogen-bond acceptors (Lipinski definition) is 3. The second kappa shape index (κ2) is 4.88. The molecule has 2 aromatic heterocycles. The summed E-state index contributed by atoms with van der Waals surface area (Å²) in [5.41, 5.74) is 3.77. The Hall–Kier alpha value is -2.36. The van der Waals surface area contributed by atoms with E-state index in [9.17, 15) is 0 Å². The number of H-pyrrole nitrogens is 1. The van der Waals surface area contributed by atoms with Crippen LogP contribution in [0.25, 0.3) is 22.6 Å². The van der Waals surface area contributed by atoms with Crippen LogP contribution in [-0.2, 0) is 0 Å². The Morgan fingerprint density at radius 1 is 1.10 bits per heavy atom. The standard InChI is InChI=1S/C17H19N3O/c1-11-5-7-13-15(9-11)20-16(19-13)14-8-6-12(10-18-14)21-17(2,3)4/h5-10H,1-4H3,(H,19,20). The summed E-state index contributed by atoms with van der Waals surface area (Å²) in [5, 5.41) is 0. The SMILES string of the molecule is Cc1ccc2[nH]c(-c3ccc(OC(C)(C)C)cn3)nc2c1. The Morgan fingerprint density at radius 2 is 1.90 bits per heavy atom. The van der Waals surface area contributed by atoms with Crippen LogP contribution in [0.1, 0.15) is 26.3 Å².